The van der Waals surface area contributed by atoms with Gasteiger partial charge in [-0.2, -0.15) is 14.7 Å². The van der Waals surface area contributed by atoms with Crippen LogP contribution in [0.5, 0.6) is 0 Å². The molecule has 0 aliphatic rings. The van der Waals surface area contributed by atoms with Crippen molar-refractivity contribution in [3.63, 3.8) is 0 Å². The molecule has 3 heterocycles. The van der Waals surface area contributed by atoms with E-state index in [-0.39, 0.29) is 72.3 Å². The van der Waals surface area contributed by atoms with Crippen molar-refractivity contribution >= 4 is 138 Å². The van der Waals surface area contributed by atoms with Gasteiger partial charge in [0.25, 0.3) is 0 Å². The molecule has 0 radical (unpaired) electrons. The quantitative estimate of drug-likeness (QED) is 0.0287. The highest BCUT2D eigenvalue weighted by molar-refractivity contribution is 7.90. The van der Waals surface area contributed by atoms with E-state index in [1.807, 2.05) is 41.5 Å². The topological polar surface area (TPSA) is 343 Å². The summed E-state index contributed by atoms with van der Waals surface area (Å²) in [6, 6.07) is 11.6. The highest BCUT2D eigenvalue weighted by atomic mass is 35.5. The summed E-state index contributed by atoms with van der Waals surface area (Å²) in [5.74, 6) is -1.48. The van der Waals surface area contributed by atoms with Crippen LogP contribution in [0.4, 0.5) is 11.6 Å². The number of nitrogens with one attached hydrogen (secondary N) is 3. The normalized spacial score (nSPS) is 13.3. The number of fused-ring (bicyclic) bond motifs is 3. The molecule has 0 aliphatic heterocycles. The smallest absolute Gasteiger partial charge is 0.322 e. The number of aliphatic carboxylic acids is 1. The van der Waals surface area contributed by atoms with E-state index in [9.17, 15) is 35.2 Å². The second-order valence-electron chi connectivity index (χ2n) is 16.9. The maximum atomic E-state index is 12.6. The zero-order chi connectivity index (χ0) is 53.5. The molecule has 12 N–H and O–H groups in total. The van der Waals surface area contributed by atoms with E-state index < -0.39 is 48.0 Å². The Labute approximate surface area is 432 Å². The summed E-state index contributed by atoms with van der Waals surface area (Å²) in [6.45, 7) is 14.6. The average molecular weight is 1120 g/mol. The van der Waals surface area contributed by atoms with Crippen LogP contribution >= 0.6 is 46.4 Å². The molecule has 3 aromatic carbocycles. The number of nitrogens with zero attached hydrogens (tertiary/aromatic N) is 5. The van der Waals surface area contributed by atoms with Crippen molar-refractivity contribution in [1.82, 2.24) is 29.1 Å². The Morgan fingerprint density at radius 1 is 0.507 bits per heavy atom. The van der Waals surface area contributed by atoms with Crippen molar-refractivity contribution in [2.75, 3.05) is 0 Å². The fraction of sp³-hybridized carbons (Fsp3) is 0.318. The number of carboxylic acid groups (broad SMARTS) is 1. The predicted molar refractivity (Wildman–Crippen MR) is 282 cm³/mol. The monoisotopic (exact) mass is 1110 g/mol. The molecule has 0 saturated heterocycles. The minimum Gasteiger partial charge on any atom is -0.480 e. The molecular formula is C44H54Cl4N12O8S3. The maximum absolute atomic E-state index is 12.6. The van der Waals surface area contributed by atoms with Gasteiger partial charge in [-0.05, 0) is 68.0 Å². The molecule has 6 aromatic rings. The van der Waals surface area contributed by atoms with E-state index in [1.54, 1.807) is 26.0 Å². The molecular weight excluding hydrogens is 1060 g/mol. The van der Waals surface area contributed by atoms with Crippen molar-refractivity contribution in [2.24, 2.45) is 50.7 Å². The molecule has 0 fully saturated rings. The van der Waals surface area contributed by atoms with Crippen LogP contribution in [0, 0.1) is 17.8 Å². The zero-order valence-electron chi connectivity index (χ0n) is 39.5. The predicted octanol–water partition coefficient (Wildman–Crippen LogP) is 7.16. The van der Waals surface area contributed by atoms with Crippen LogP contribution in [0.2, 0.25) is 20.2 Å². The fourth-order valence-electron chi connectivity index (χ4n) is 6.03. The SMILES string of the molecule is CC(C)[C@@H](C)NS(=O)(=O)c1ccc2c(Cl)cnc(Cl)c2c1.CC(C)[C@@H](C)NS(=O)(=O)c1ccc2c(Cl)cnc(N=C(N)N)c2c1.CC(C)[C@H](NS(=O)(=O)c1ccc2c(Cl)cnc(N=C(N)N)c2c1)C(=O)O. The lowest BCUT2D eigenvalue weighted by molar-refractivity contribution is -0.140. The summed E-state index contributed by atoms with van der Waals surface area (Å²) >= 11 is 24.3. The van der Waals surface area contributed by atoms with Gasteiger partial charge in [0.1, 0.15) is 11.2 Å². The molecule has 20 nitrogen and oxygen atoms in total. The van der Waals surface area contributed by atoms with Gasteiger partial charge in [0.05, 0.1) is 29.8 Å². The number of sulfonamides is 3. The third-order valence-electron chi connectivity index (χ3n) is 10.6. The van der Waals surface area contributed by atoms with Crippen molar-refractivity contribution in [3.8, 4) is 0 Å². The van der Waals surface area contributed by atoms with Crippen molar-refractivity contribution < 1.29 is 35.2 Å². The molecule has 0 saturated carbocycles. The number of rotatable bonds is 15. The number of nitrogens with two attached hydrogens (primary N) is 4. The maximum Gasteiger partial charge on any atom is 0.322 e. The first kappa shape index (κ1) is 58.4. The van der Waals surface area contributed by atoms with E-state index in [0.29, 0.717) is 42.4 Å². The Bertz CT molecular complexity index is 3360. The second kappa shape index (κ2) is 24.0. The van der Waals surface area contributed by atoms with Gasteiger partial charge in [-0.25, -0.2) is 49.6 Å². The van der Waals surface area contributed by atoms with E-state index in [2.05, 4.69) is 39.1 Å². The van der Waals surface area contributed by atoms with Crippen LogP contribution in [0.3, 0.4) is 0 Å². The summed E-state index contributed by atoms with van der Waals surface area (Å²) < 4.78 is 82.6. The molecule has 0 unspecified atom stereocenters. The molecule has 0 spiro atoms. The van der Waals surface area contributed by atoms with Gasteiger partial charge in [-0.3, -0.25) is 4.79 Å². The lowest BCUT2D eigenvalue weighted by Crippen LogP contribution is -2.44. The van der Waals surface area contributed by atoms with Gasteiger partial charge in [0, 0.05) is 63.0 Å². The van der Waals surface area contributed by atoms with Crippen molar-refractivity contribution in [1.29, 1.82) is 0 Å². The van der Waals surface area contributed by atoms with E-state index in [0.717, 1.165) is 0 Å². The minimum absolute atomic E-state index is 0.0959. The number of aromatic nitrogens is 3. The summed E-state index contributed by atoms with van der Waals surface area (Å²) in [6.07, 6.45) is 4.20. The second-order valence-corrected chi connectivity index (χ2v) is 23.7. The number of aliphatic imine (C=N–C) groups is 2. The highest BCUT2D eigenvalue weighted by Gasteiger charge is 2.29. The molecule has 6 rings (SSSR count). The van der Waals surface area contributed by atoms with E-state index in [1.165, 1.54) is 61.1 Å². The van der Waals surface area contributed by atoms with Gasteiger partial charge in [0.2, 0.25) is 30.1 Å². The van der Waals surface area contributed by atoms with Crippen LogP contribution < -0.4 is 37.1 Å². The largest absolute Gasteiger partial charge is 0.480 e. The number of guanidine groups is 2. The number of carbonyl (C=O) groups is 1. The number of carboxylic acids is 1. The van der Waals surface area contributed by atoms with Gasteiger partial charge < -0.3 is 28.0 Å². The van der Waals surface area contributed by atoms with E-state index >= 15 is 0 Å². The molecule has 27 heteroatoms. The number of hydrogen-bond donors (Lipinski definition) is 8. The van der Waals surface area contributed by atoms with Crippen LogP contribution in [0.25, 0.3) is 32.3 Å². The minimum atomic E-state index is -4.11. The summed E-state index contributed by atoms with van der Waals surface area (Å²) in [5, 5.41) is 13.6. The molecule has 384 valence electrons. The molecule has 0 bridgehead atoms. The number of benzene rings is 3. The van der Waals surface area contributed by atoms with Crippen LogP contribution in [-0.4, -0.2) is 81.3 Å². The van der Waals surface area contributed by atoms with Crippen LogP contribution in [-0.2, 0) is 34.9 Å². The van der Waals surface area contributed by atoms with Gasteiger partial charge in [-0.1, -0.05) is 106 Å². The highest BCUT2D eigenvalue weighted by Crippen LogP contribution is 2.34. The summed E-state index contributed by atoms with van der Waals surface area (Å²) in [7, 11) is -11.4. The van der Waals surface area contributed by atoms with Gasteiger partial charge in [0.15, 0.2) is 23.6 Å². The van der Waals surface area contributed by atoms with Crippen LogP contribution in [0.1, 0.15) is 55.4 Å². The molecule has 3 aromatic heterocycles. The third kappa shape index (κ3) is 15.2. The fourth-order valence-corrected chi connectivity index (χ4v) is 11.1. The Hall–Kier alpha value is -5.21. The van der Waals surface area contributed by atoms with Gasteiger partial charge >= 0.3 is 5.97 Å². The van der Waals surface area contributed by atoms with E-state index in [4.69, 9.17) is 69.3 Å². The standard InChI is InChI=1S/C15H18ClN5O4S.C15H20ClN5O2S.C14H16Cl2N2O2S/c1-7(2)12(14(22)23)21-26(24,25)8-3-4-9-10(5-8)13(20-15(17)18)19-6-11(9)16;1-8(2)9(3)21-24(22,23)10-4-5-11-12(6-10)14(20-15(17)18)19-7-13(11)16;1-8(2)9(3)18-21(19,20)10-4-5-11-12(6-10)14(16)17-7-13(11)15/h3-7,12,21H,1-2H3,(H,22,23)(H4,17,18,19,20);4-9,21H,1-3H3,(H4,17,18,19,20);4-9,18H,1-3H3/t12-;2*9-/m011/s1. The Balaban J connectivity index is 0.000000233. The third-order valence-corrected chi connectivity index (χ3v) is 16.4. The zero-order valence-corrected chi connectivity index (χ0v) is 45.0. The van der Waals surface area contributed by atoms with Crippen molar-refractivity contribution in [3.05, 3.63) is 93.4 Å². The summed E-state index contributed by atoms with van der Waals surface area (Å²) in [4.78, 5) is 31.2. The Kier molecular flexibility index (Phi) is 19.7. The Morgan fingerprint density at radius 2 is 0.831 bits per heavy atom. The molecule has 0 amide bonds. The van der Waals surface area contributed by atoms with Crippen LogP contribution in [0.15, 0.2) is 97.9 Å². The summed E-state index contributed by atoms with van der Waals surface area (Å²) in [5.41, 5.74) is 21.5. The molecule has 0 aliphatic carbocycles. The molecule has 3 atom stereocenters. The number of halogens is 4. The molecule has 71 heavy (non-hydrogen) atoms. The first-order chi connectivity index (χ1) is 32.9. The Morgan fingerprint density at radius 3 is 1.15 bits per heavy atom. The van der Waals surface area contributed by atoms with Gasteiger partial charge in [-0.15, -0.1) is 0 Å². The first-order valence-corrected chi connectivity index (χ1v) is 27.2. The van der Waals surface area contributed by atoms with Crippen molar-refractivity contribution in [2.45, 2.75) is 88.2 Å². The lowest BCUT2D eigenvalue weighted by Gasteiger charge is -2.18. The first-order valence-electron chi connectivity index (χ1n) is 21.3. The lowest BCUT2D eigenvalue weighted by atomic mass is 10.1. The number of hydrogen-bond acceptors (Lipinski definition) is 12. The average Bonchev–Trinajstić information content (AvgIpc) is 3.28. The number of pyridine rings is 3.